The summed E-state index contributed by atoms with van der Waals surface area (Å²) in [5.74, 6) is -0.451. The number of hydrogen-bond acceptors (Lipinski definition) is 7. The molecule has 3 aromatic rings. The number of rotatable bonds is 13. The quantitative estimate of drug-likeness (QED) is 0.236. The van der Waals surface area contributed by atoms with Crippen LogP contribution in [0.3, 0.4) is 0 Å². The number of anilines is 1. The Hall–Kier alpha value is -4.45. The summed E-state index contributed by atoms with van der Waals surface area (Å²) in [6, 6.07) is 18.4. The van der Waals surface area contributed by atoms with Crippen molar-refractivity contribution >= 4 is 33.2 Å². The van der Waals surface area contributed by atoms with Gasteiger partial charge in [-0.05, 0) is 56.2 Å². The molecular weight excluding hydrogens is 548 g/mol. The van der Waals surface area contributed by atoms with Gasteiger partial charge in [0.2, 0.25) is 11.8 Å². The minimum absolute atomic E-state index is 0.00603. The molecule has 0 aromatic heterocycles. The summed E-state index contributed by atoms with van der Waals surface area (Å²) in [4.78, 5) is 39.1. The van der Waals surface area contributed by atoms with Crippen molar-refractivity contribution in [3.63, 3.8) is 0 Å². The van der Waals surface area contributed by atoms with Crippen molar-refractivity contribution in [3.05, 3.63) is 94.5 Å². The lowest BCUT2D eigenvalue weighted by atomic mass is 10.1. The van der Waals surface area contributed by atoms with E-state index in [1.54, 1.807) is 37.3 Å². The van der Waals surface area contributed by atoms with Gasteiger partial charge in [-0.2, -0.15) is 0 Å². The van der Waals surface area contributed by atoms with Crippen LogP contribution in [0.4, 0.5) is 11.4 Å². The second-order valence-electron chi connectivity index (χ2n) is 9.47. The Labute approximate surface area is 239 Å². The van der Waals surface area contributed by atoms with Crippen molar-refractivity contribution in [1.29, 1.82) is 0 Å². The predicted molar refractivity (Wildman–Crippen MR) is 155 cm³/mol. The molecule has 3 aromatic carbocycles. The zero-order chi connectivity index (χ0) is 30.2. The smallest absolute Gasteiger partial charge is 0.271 e. The molecule has 2 unspecified atom stereocenters. The predicted octanol–water partition coefficient (Wildman–Crippen LogP) is 4.13. The van der Waals surface area contributed by atoms with E-state index in [0.29, 0.717) is 17.7 Å². The summed E-state index contributed by atoms with van der Waals surface area (Å²) in [6.07, 6.45) is 0.681. The van der Waals surface area contributed by atoms with E-state index in [4.69, 9.17) is 4.74 Å². The molecule has 0 aliphatic rings. The first-order valence-electron chi connectivity index (χ1n) is 13.0. The number of hydrogen-bond donors (Lipinski definition) is 1. The monoisotopic (exact) mass is 582 g/mol. The van der Waals surface area contributed by atoms with Crippen molar-refractivity contribution in [2.75, 3.05) is 18.0 Å². The van der Waals surface area contributed by atoms with Crippen molar-refractivity contribution in [1.82, 2.24) is 10.2 Å². The number of nitrogens with zero attached hydrogens (tertiary/aromatic N) is 3. The molecule has 0 aliphatic carbocycles. The van der Waals surface area contributed by atoms with Crippen LogP contribution in [-0.4, -0.2) is 55.8 Å². The number of carbonyl (C=O) groups excluding carboxylic acids is 2. The summed E-state index contributed by atoms with van der Waals surface area (Å²) in [5.41, 5.74) is 0.298. The average Bonchev–Trinajstić information content (AvgIpc) is 2.98. The molecule has 0 saturated carbocycles. The topological polar surface area (TPSA) is 139 Å². The number of amides is 2. The number of nitro benzene ring substituents is 1. The molecule has 0 spiro atoms. The van der Waals surface area contributed by atoms with Gasteiger partial charge in [0.15, 0.2) is 0 Å². The molecule has 0 saturated heterocycles. The molecule has 0 fully saturated rings. The molecule has 2 atom stereocenters. The Morgan fingerprint density at radius 1 is 1.00 bits per heavy atom. The first-order valence-corrected chi connectivity index (χ1v) is 14.5. The van der Waals surface area contributed by atoms with Gasteiger partial charge in [-0.25, -0.2) is 8.42 Å². The first kappa shape index (κ1) is 31.1. The molecular formula is C29H34N4O7S. The van der Waals surface area contributed by atoms with Crippen LogP contribution >= 0.6 is 0 Å². The lowest BCUT2D eigenvalue weighted by molar-refractivity contribution is -0.384. The molecule has 2 amide bonds. The fraction of sp³-hybridized carbons (Fsp3) is 0.310. The number of nitrogens with one attached hydrogen (secondary N) is 1. The minimum Gasteiger partial charge on any atom is -0.497 e. The third kappa shape index (κ3) is 7.82. The maximum atomic E-state index is 13.9. The van der Waals surface area contributed by atoms with Gasteiger partial charge in [0.05, 0.1) is 22.6 Å². The van der Waals surface area contributed by atoms with Crippen LogP contribution in [0.25, 0.3) is 0 Å². The minimum atomic E-state index is -4.33. The van der Waals surface area contributed by atoms with Crippen LogP contribution in [0.15, 0.2) is 83.8 Å². The van der Waals surface area contributed by atoms with E-state index in [1.165, 1.54) is 54.5 Å². The number of ether oxygens (including phenoxy) is 1. The molecule has 3 rings (SSSR count). The van der Waals surface area contributed by atoms with Crippen molar-refractivity contribution < 1.29 is 27.7 Å². The summed E-state index contributed by atoms with van der Waals surface area (Å²) in [6.45, 7) is 4.64. The highest BCUT2D eigenvalue weighted by molar-refractivity contribution is 7.92. The number of benzene rings is 3. The van der Waals surface area contributed by atoms with E-state index < -0.39 is 39.3 Å². The zero-order valence-electron chi connectivity index (χ0n) is 23.4. The van der Waals surface area contributed by atoms with Gasteiger partial charge in [-0.15, -0.1) is 0 Å². The largest absolute Gasteiger partial charge is 0.497 e. The van der Waals surface area contributed by atoms with E-state index >= 15 is 0 Å². The molecule has 0 aliphatic heterocycles. The fourth-order valence-electron chi connectivity index (χ4n) is 3.99. The Morgan fingerprint density at radius 3 is 2.24 bits per heavy atom. The standard InChI is InChI=1S/C29H34N4O7S/c1-5-21(2)30-29(35)22(3)31(19-23-14-16-26(40-4)17-15-23)28(34)20-32(24-10-9-11-25(18-24)33(36)37)41(38,39)27-12-7-6-8-13-27/h6-18,21-22H,5,19-20H2,1-4H3,(H,30,35). The third-order valence-electron chi connectivity index (χ3n) is 6.62. The Balaban J connectivity index is 2.05. The Kier molecular flexibility index (Phi) is 10.4. The van der Waals surface area contributed by atoms with Gasteiger partial charge in [0.25, 0.3) is 15.7 Å². The molecule has 12 heteroatoms. The van der Waals surface area contributed by atoms with E-state index in [2.05, 4.69) is 5.32 Å². The highest BCUT2D eigenvalue weighted by atomic mass is 32.2. The lowest BCUT2D eigenvalue weighted by Gasteiger charge is -2.32. The van der Waals surface area contributed by atoms with E-state index in [0.717, 1.165) is 10.4 Å². The normalized spacial score (nSPS) is 12.6. The van der Waals surface area contributed by atoms with Crippen LogP contribution in [0.1, 0.15) is 32.8 Å². The summed E-state index contributed by atoms with van der Waals surface area (Å²) < 4.78 is 33.6. The number of sulfonamides is 1. The summed E-state index contributed by atoms with van der Waals surface area (Å²) in [5, 5.41) is 14.3. The average molecular weight is 583 g/mol. The molecule has 41 heavy (non-hydrogen) atoms. The zero-order valence-corrected chi connectivity index (χ0v) is 24.2. The van der Waals surface area contributed by atoms with Gasteiger partial charge in [-0.1, -0.05) is 43.3 Å². The molecule has 0 bridgehead atoms. The maximum absolute atomic E-state index is 13.9. The van der Waals surface area contributed by atoms with Crippen LogP contribution in [-0.2, 0) is 26.2 Å². The summed E-state index contributed by atoms with van der Waals surface area (Å²) >= 11 is 0. The second-order valence-corrected chi connectivity index (χ2v) is 11.3. The number of nitro groups is 1. The van der Waals surface area contributed by atoms with Gasteiger partial charge in [0.1, 0.15) is 18.3 Å². The maximum Gasteiger partial charge on any atom is 0.271 e. The summed E-state index contributed by atoms with van der Waals surface area (Å²) in [7, 11) is -2.80. The second kappa shape index (κ2) is 13.8. The van der Waals surface area contributed by atoms with E-state index in [9.17, 15) is 28.1 Å². The van der Waals surface area contributed by atoms with Gasteiger partial charge < -0.3 is 15.0 Å². The highest BCUT2D eigenvalue weighted by Crippen LogP contribution is 2.27. The van der Waals surface area contributed by atoms with Gasteiger partial charge in [0, 0.05) is 24.7 Å². The van der Waals surface area contributed by atoms with E-state index in [-0.39, 0.29) is 28.9 Å². The number of non-ortho nitro benzene ring substituents is 1. The van der Waals surface area contributed by atoms with Crippen molar-refractivity contribution in [2.45, 2.75) is 50.7 Å². The van der Waals surface area contributed by atoms with E-state index in [1.807, 2.05) is 13.8 Å². The van der Waals surface area contributed by atoms with Crippen molar-refractivity contribution in [3.8, 4) is 5.75 Å². The highest BCUT2D eigenvalue weighted by Gasteiger charge is 2.33. The van der Waals surface area contributed by atoms with Crippen LogP contribution in [0.2, 0.25) is 0 Å². The van der Waals surface area contributed by atoms with Crippen molar-refractivity contribution in [2.24, 2.45) is 0 Å². The molecule has 0 radical (unpaired) electrons. The van der Waals surface area contributed by atoms with Crippen LogP contribution in [0.5, 0.6) is 5.75 Å². The Bertz CT molecular complexity index is 1460. The first-order chi connectivity index (χ1) is 19.5. The number of methoxy groups -OCH3 is 1. The SMILES string of the molecule is CCC(C)NC(=O)C(C)N(Cc1ccc(OC)cc1)C(=O)CN(c1cccc([N+](=O)[O-])c1)S(=O)(=O)c1ccccc1. The van der Waals surface area contributed by atoms with Gasteiger partial charge >= 0.3 is 0 Å². The molecule has 218 valence electrons. The third-order valence-corrected chi connectivity index (χ3v) is 8.41. The molecule has 0 heterocycles. The lowest BCUT2D eigenvalue weighted by Crippen LogP contribution is -2.52. The molecule has 1 N–H and O–H groups in total. The fourth-order valence-corrected chi connectivity index (χ4v) is 5.41. The Morgan fingerprint density at radius 2 is 1.66 bits per heavy atom. The van der Waals surface area contributed by atoms with Crippen LogP contribution < -0.4 is 14.4 Å². The van der Waals surface area contributed by atoms with Gasteiger partial charge in [-0.3, -0.25) is 24.0 Å². The van der Waals surface area contributed by atoms with Crippen LogP contribution in [0, 0.1) is 10.1 Å². The molecule has 11 nitrogen and oxygen atoms in total. The number of carbonyl (C=O) groups is 2.